The second kappa shape index (κ2) is 7.54. The maximum absolute atomic E-state index is 11.7. The zero-order chi connectivity index (χ0) is 21.4. The van der Waals surface area contributed by atoms with Crippen LogP contribution < -0.4 is 10.6 Å². The first-order valence-electron chi connectivity index (χ1n) is 10.1. The van der Waals surface area contributed by atoms with Crippen LogP contribution in [0.4, 0.5) is 11.5 Å². The summed E-state index contributed by atoms with van der Waals surface area (Å²) in [5.41, 5.74) is 5.95. The molecule has 1 aliphatic heterocycles. The molecule has 6 nitrogen and oxygen atoms in total. The van der Waals surface area contributed by atoms with Crippen LogP contribution in [0.5, 0.6) is 0 Å². The third kappa shape index (κ3) is 3.47. The molecule has 1 amide bonds. The van der Waals surface area contributed by atoms with Crippen molar-refractivity contribution in [2.75, 3.05) is 10.6 Å². The number of nitrogens with zero attached hydrogens (tertiary/aromatic N) is 3. The van der Waals surface area contributed by atoms with Gasteiger partial charge in [0.05, 0.1) is 23.2 Å². The van der Waals surface area contributed by atoms with Gasteiger partial charge in [0.2, 0.25) is 5.91 Å². The van der Waals surface area contributed by atoms with Crippen molar-refractivity contribution in [3.63, 3.8) is 0 Å². The van der Waals surface area contributed by atoms with E-state index in [0.717, 1.165) is 38.8 Å². The standard InChI is InChI=1S/C25H19N5O/c1-15(16-5-3-2-4-6-16)29-24-20(12-26)14-27-22-8-7-17(10-21(22)24)19-9-18-11-23(31)30-25(18)28-13-19/h2-10,13-15H,11H2,1H3,(H,27,29)(H,28,30,31). The fourth-order valence-corrected chi connectivity index (χ4v) is 3.92. The summed E-state index contributed by atoms with van der Waals surface area (Å²) in [7, 11) is 0. The molecule has 31 heavy (non-hydrogen) atoms. The Morgan fingerprint density at radius 3 is 2.71 bits per heavy atom. The molecule has 0 fully saturated rings. The third-order valence-corrected chi connectivity index (χ3v) is 5.56. The summed E-state index contributed by atoms with van der Waals surface area (Å²) in [6.45, 7) is 2.07. The smallest absolute Gasteiger partial charge is 0.230 e. The molecular weight excluding hydrogens is 386 g/mol. The number of benzene rings is 2. The Morgan fingerprint density at radius 1 is 1.06 bits per heavy atom. The predicted molar refractivity (Wildman–Crippen MR) is 121 cm³/mol. The summed E-state index contributed by atoms with van der Waals surface area (Å²) in [6, 6.07) is 20.3. The molecule has 2 aromatic heterocycles. The van der Waals surface area contributed by atoms with Crippen LogP contribution in [0, 0.1) is 11.3 Å². The molecule has 2 aromatic carbocycles. The van der Waals surface area contributed by atoms with Crippen LogP contribution in [0.15, 0.2) is 67.0 Å². The zero-order valence-electron chi connectivity index (χ0n) is 16.9. The minimum atomic E-state index is -0.0394. The number of hydrogen-bond donors (Lipinski definition) is 2. The fourth-order valence-electron chi connectivity index (χ4n) is 3.92. The molecular formula is C25H19N5O. The number of fused-ring (bicyclic) bond motifs is 2. The quantitative estimate of drug-likeness (QED) is 0.507. The summed E-state index contributed by atoms with van der Waals surface area (Å²) in [6.07, 6.45) is 3.70. The lowest BCUT2D eigenvalue weighted by Gasteiger charge is -2.18. The van der Waals surface area contributed by atoms with Gasteiger partial charge >= 0.3 is 0 Å². The van der Waals surface area contributed by atoms with Gasteiger partial charge in [-0.2, -0.15) is 5.26 Å². The SMILES string of the molecule is CC(Nc1c(C#N)cnc2ccc(-c3cnc4c(c3)CC(=O)N4)cc12)c1ccccc1. The Labute approximate surface area is 179 Å². The molecule has 2 N–H and O–H groups in total. The van der Waals surface area contributed by atoms with Gasteiger partial charge in [-0.1, -0.05) is 36.4 Å². The van der Waals surface area contributed by atoms with Gasteiger partial charge in [0.15, 0.2) is 0 Å². The van der Waals surface area contributed by atoms with E-state index < -0.39 is 0 Å². The normalized spacial score (nSPS) is 13.4. The molecule has 0 radical (unpaired) electrons. The van der Waals surface area contributed by atoms with E-state index in [-0.39, 0.29) is 11.9 Å². The Morgan fingerprint density at radius 2 is 1.90 bits per heavy atom. The number of rotatable bonds is 4. The van der Waals surface area contributed by atoms with Gasteiger partial charge in [-0.15, -0.1) is 0 Å². The molecule has 6 heteroatoms. The Kier molecular flexibility index (Phi) is 4.57. The van der Waals surface area contributed by atoms with Gasteiger partial charge in [-0.3, -0.25) is 9.78 Å². The minimum absolute atomic E-state index is 0.0151. The van der Waals surface area contributed by atoms with Gasteiger partial charge in [-0.25, -0.2) is 4.98 Å². The highest BCUT2D eigenvalue weighted by Gasteiger charge is 2.20. The van der Waals surface area contributed by atoms with Crippen LogP contribution >= 0.6 is 0 Å². The Hall–Kier alpha value is -4.24. The van der Waals surface area contributed by atoms with Crippen molar-refractivity contribution in [1.29, 1.82) is 5.26 Å². The average Bonchev–Trinajstić information content (AvgIpc) is 3.18. The predicted octanol–water partition coefficient (Wildman–Crippen LogP) is 4.84. The molecule has 0 bridgehead atoms. The van der Waals surface area contributed by atoms with Crippen molar-refractivity contribution in [3.8, 4) is 17.2 Å². The van der Waals surface area contributed by atoms with Crippen LogP contribution in [0.25, 0.3) is 22.0 Å². The molecule has 5 rings (SSSR count). The molecule has 3 heterocycles. The first kappa shape index (κ1) is 18.8. The highest BCUT2D eigenvalue weighted by molar-refractivity contribution is 5.99. The number of anilines is 2. The van der Waals surface area contributed by atoms with E-state index in [1.54, 1.807) is 12.4 Å². The van der Waals surface area contributed by atoms with Crippen molar-refractivity contribution in [2.24, 2.45) is 0 Å². The number of amides is 1. The lowest BCUT2D eigenvalue weighted by Crippen LogP contribution is -2.08. The second-order valence-corrected chi connectivity index (χ2v) is 7.62. The third-order valence-electron chi connectivity index (χ3n) is 5.56. The monoisotopic (exact) mass is 405 g/mol. The van der Waals surface area contributed by atoms with Gasteiger partial charge in [0.1, 0.15) is 11.9 Å². The van der Waals surface area contributed by atoms with Gasteiger partial charge in [0.25, 0.3) is 0 Å². The highest BCUT2D eigenvalue weighted by Crippen LogP contribution is 2.34. The lowest BCUT2D eigenvalue weighted by molar-refractivity contribution is -0.115. The summed E-state index contributed by atoms with van der Waals surface area (Å²) < 4.78 is 0. The van der Waals surface area contributed by atoms with E-state index in [2.05, 4.69) is 45.7 Å². The Balaban J connectivity index is 1.59. The molecule has 0 saturated carbocycles. The number of carbonyl (C=O) groups excluding carboxylic acids is 1. The molecule has 0 saturated heterocycles. The van der Waals surface area contributed by atoms with E-state index in [1.807, 2.05) is 42.5 Å². The van der Waals surface area contributed by atoms with Crippen molar-refractivity contribution in [1.82, 2.24) is 9.97 Å². The number of hydrogen-bond acceptors (Lipinski definition) is 5. The topological polar surface area (TPSA) is 90.7 Å². The number of aromatic nitrogens is 2. The highest BCUT2D eigenvalue weighted by atomic mass is 16.1. The molecule has 1 atom stereocenters. The van der Waals surface area contributed by atoms with Crippen LogP contribution in [0.3, 0.4) is 0 Å². The van der Waals surface area contributed by atoms with E-state index in [4.69, 9.17) is 0 Å². The number of nitrogens with one attached hydrogen (secondary N) is 2. The lowest BCUT2D eigenvalue weighted by atomic mass is 10.0. The van der Waals surface area contributed by atoms with Crippen molar-refractivity contribution in [2.45, 2.75) is 19.4 Å². The van der Waals surface area contributed by atoms with E-state index in [0.29, 0.717) is 17.8 Å². The molecule has 0 spiro atoms. The van der Waals surface area contributed by atoms with Crippen molar-refractivity contribution < 1.29 is 4.79 Å². The Bertz CT molecular complexity index is 1360. The van der Waals surface area contributed by atoms with Crippen LogP contribution in [0.2, 0.25) is 0 Å². The first-order valence-corrected chi connectivity index (χ1v) is 10.1. The molecule has 1 unspecified atom stereocenters. The van der Waals surface area contributed by atoms with Crippen molar-refractivity contribution >= 4 is 28.3 Å². The summed E-state index contributed by atoms with van der Waals surface area (Å²) in [5, 5.41) is 16.8. The molecule has 4 aromatic rings. The van der Waals surface area contributed by atoms with Crippen molar-refractivity contribution in [3.05, 3.63) is 83.7 Å². The summed E-state index contributed by atoms with van der Waals surface area (Å²) >= 11 is 0. The largest absolute Gasteiger partial charge is 0.377 e. The average molecular weight is 405 g/mol. The van der Waals surface area contributed by atoms with E-state index in [1.165, 1.54) is 0 Å². The first-order chi connectivity index (χ1) is 15.1. The number of pyridine rings is 2. The van der Waals surface area contributed by atoms with Crippen LogP contribution in [0.1, 0.15) is 29.7 Å². The van der Waals surface area contributed by atoms with E-state index >= 15 is 0 Å². The van der Waals surface area contributed by atoms with Gasteiger partial charge < -0.3 is 10.6 Å². The fraction of sp³-hybridized carbons (Fsp3) is 0.120. The van der Waals surface area contributed by atoms with Crippen LogP contribution in [-0.2, 0) is 11.2 Å². The van der Waals surface area contributed by atoms with E-state index in [9.17, 15) is 10.1 Å². The second-order valence-electron chi connectivity index (χ2n) is 7.62. The van der Waals surface area contributed by atoms with Gasteiger partial charge in [0, 0.05) is 34.9 Å². The minimum Gasteiger partial charge on any atom is -0.377 e. The molecule has 1 aliphatic rings. The molecule has 150 valence electrons. The number of carbonyl (C=O) groups is 1. The maximum atomic E-state index is 11.7. The summed E-state index contributed by atoms with van der Waals surface area (Å²) in [5.74, 6) is 0.587. The zero-order valence-corrected chi connectivity index (χ0v) is 16.9. The number of nitriles is 1. The van der Waals surface area contributed by atoms with Crippen LogP contribution in [-0.4, -0.2) is 15.9 Å². The summed E-state index contributed by atoms with van der Waals surface area (Å²) in [4.78, 5) is 20.5. The maximum Gasteiger partial charge on any atom is 0.230 e. The molecule has 0 aliphatic carbocycles. The van der Waals surface area contributed by atoms with Gasteiger partial charge in [-0.05, 0) is 36.2 Å².